The van der Waals surface area contributed by atoms with Crippen LogP contribution in [0.25, 0.3) is 10.8 Å². The Balaban J connectivity index is 0.00000182. The number of sulfonamides is 1. The van der Waals surface area contributed by atoms with Crippen molar-refractivity contribution in [2.75, 3.05) is 7.11 Å². The first-order valence-corrected chi connectivity index (χ1v) is 9.89. The van der Waals surface area contributed by atoms with E-state index < -0.39 is 10.0 Å². The number of benzene rings is 2. The maximum absolute atomic E-state index is 13.0. The number of halogens is 1. The van der Waals surface area contributed by atoms with E-state index in [-0.39, 0.29) is 18.4 Å². The highest BCUT2D eigenvalue weighted by atomic mass is 35.5. The maximum Gasteiger partial charge on any atom is 0.241 e. The molecule has 0 saturated carbocycles. The van der Waals surface area contributed by atoms with Crippen molar-refractivity contribution in [2.24, 2.45) is 0 Å². The van der Waals surface area contributed by atoms with Gasteiger partial charge in [0.1, 0.15) is 5.75 Å². The minimum absolute atomic E-state index is 0. The quantitative estimate of drug-likeness (QED) is 0.853. The highest BCUT2D eigenvalue weighted by Gasteiger charge is 2.35. The fourth-order valence-corrected chi connectivity index (χ4v) is 5.57. The van der Waals surface area contributed by atoms with Gasteiger partial charge < -0.3 is 10.1 Å². The van der Waals surface area contributed by atoms with Gasteiger partial charge in [-0.2, -0.15) is 0 Å². The predicted molar refractivity (Wildman–Crippen MR) is 101 cm³/mol. The first-order valence-electron chi connectivity index (χ1n) is 8.41. The number of hydrogen-bond acceptors (Lipinski definition) is 4. The fraction of sp³-hybridized carbons (Fsp3) is 0.444. The van der Waals surface area contributed by atoms with Gasteiger partial charge in [0.2, 0.25) is 10.0 Å². The average molecular weight is 383 g/mol. The standard InChI is InChI=1S/C18H22N2O3S.ClH/c1-23-17-8-9-18(16-5-3-2-4-15(16)17)24(21,22)20-14-10-12-6-7-13(11-14)19-12;/h2-5,8-9,12-14,19-20H,6-7,10-11H2,1H3;1H. The van der Waals surface area contributed by atoms with Crippen molar-refractivity contribution in [3.05, 3.63) is 36.4 Å². The molecule has 2 heterocycles. The number of rotatable bonds is 4. The Morgan fingerprint density at radius 3 is 2.32 bits per heavy atom. The lowest BCUT2D eigenvalue weighted by atomic mass is 10.0. The van der Waals surface area contributed by atoms with Crippen LogP contribution in [-0.2, 0) is 10.0 Å². The predicted octanol–water partition coefficient (Wildman–Crippen LogP) is 2.83. The second-order valence-electron chi connectivity index (χ2n) is 6.74. The highest BCUT2D eigenvalue weighted by Crippen LogP contribution is 2.32. The van der Waals surface area contributed by atoms with Gasteiger partial charge in [-0.25, -0.2) is 13.1 Å². The molecule has 2 aromatic carbocycles. The average Bonchev–Trinajstić information content (AvgIpc) is 2.92. The third-order valence-electron chi connectivity index (χ3n) is 5.15. The van der Waals surface area contributed by atoms with Gasteiger partial charge >= 0.3 is 0 Å². The van der Waals surface area contributed by atoms with Gasteiger partial charge in [0.15, 0.2) is 0 Å². The summed E-state index contributed by atoms with van der Waals surface area (Å²) in [5.74, 6) is 0.685. The molecule has 2 saturated heterocycles. The molecule has 2 fully saturated rings. The van der Waals surface area contributed by atoms with Crippen molar-refractivity contribution in [1.82, 2.24) is 10.0 Å². The van der Waals surface area contributed by atoms with Gasteiger partial charge in [-0.1, -0.05) is 24.3 Å². The van der Waals surface area contributed by atoms with Crippen LogP contribution in [0.5, 0.6) is 5.75 Å². The largest absolute Gasteiger partial charge is 0.496 e. The lowest BCUT2D eigenvalue weighted by Crippen LogP contribution is -2.47. The number of piperidine rings is 1. The van der Waals surface area contributed by atoms with Crippen LogP contribution in [-0.4, -0.2) is 33.7 Å². The molecule has 0 aromatic heterocycles. The minimum Gasteiger partial charge on any atom is -0.496 e. The topological polar surface area (TPSA) is 67.4 Å². The second-order valence-corrected chi connectivity index (χ2v) is 8.42. The molecule has 25 heavy (non-hydrogen) atoms. The molecule has 4 rings (SSSR count). The molecule has 0 amide bonds. The Morgan fingerprint density at radius 2 is 1.68 bits per heavy atom. The molecule has 2 N–H and O–H groups in total. The number of hydrogen-bond donors (Lipinski definition) is 2. The SMILES string of the molecule is COc1ccc(S(=O)(=O)NC2CC3CCC(C2)N3)c2ccccc12.Cl. The number of nitrogens with one attached hydrogen (secondary N) is 2. The van der Waals surface area contributed by atoms with E-state index in [1.807, 2.05) is 24.3 Å². The third-order valence-corrected chi connectivity index (χ3v) is 6.73. The Hall–Kier alpha value is -1.34. The minimum atomic E-state index is -3.56. The van der Waals surface area contributed by atoms with Crippen LogP contribution < -0.4 is 14.8 Å². The van der Waals surface area contributed by atoms with Gasteiger partial charge in [-0.05, 0) is 37.8 Å². The van der Waals surface area contributed by atoms with Crippen LogP contribution in [0, 0.1) is 0 Å². The van der Waals surface area contributed by atoms with Crippen molar-refractivity contribution < 1.29 is 13.2 Å². The van der Waals surface area contributed by atoms with Gasteiger partial charge in [-0.3, -0.25) is 0 Å². The van der Waals surface area contributed by atoms with Gasteiger partial charge in [0, 0.05) is 28.9 Å². The molecule has 2 aliphatic rings. The molecule has 0 spiro atoms. The molecule has 2 unspecified atom stereocenters. The molecule has 2 aromatic rings. The number of methoxy groups -OCH3 is 1. The fourth-order valence-electron chi connectivity index (χ4n) is 4.09. The van der Waals surface area contributed by atoms with E-state index >= 15 is 0 Å². The summed E-state index contributed by atoms with van der Waals surface area (Å²) in [4.78, 5) is 0.324. The maximum atomic E-state index is 13.0. The molecule has 136 valence electrons. The van der Waals surface area contributed by atoms with Crippen LogP contribution in [0.1, 0.15) is 25.7 Å². The Kier molecular flexibility index (Phi) is 5.25. The lowest BCUT2D eigenvalue weighted by molar-refractivity contribution is 0.345. The Labute approximate surface area is 154 Å². The Bertz CT molecular complexity index is 860. The molecule has 2 bridgehead atoms. The van der Waals surface area contributed by atoms with E-state index in [0.29, 0.717) is 28.1 Å². The summed E-state index contributed by atoms with van der Waals surface area (Å²) >= 11 is 0. The summed E-state index contributed by atoms with van der Waals surface area (Å²) in [6, 6.07) is 11.7. The van der Waals surface area contributed by atoms with Crippen molar-refractivity contribution in [3.63, 3.8) is 0 Å². The monoisotopic (exact) mass is 382 g/mol. The smallest absolute Gasteiger partial charge is 0.241 e. The zero-order valence-electron chi connectivity index (χ0n) is 14.1. The molecule has 2 atom stereocenters. The number of ether oxygens (including phenoxy) is 1. The van der Waals surface area contributed by atoms with E-state index in [0.717, 1.165) is 31.1 Å². The molecular formula is C18H23ClN2O3S. The van der Waals surface area contributed by atoms with Crippen LogP contribution >= 0.6 is 12.4 Å². The summed E-state index contributed by atoms with van der Waals surface area (Å²) in [6.45, 7) is 0. The van der Waals surface area contributed by atoms with Crippen molar-refractivity contribution in [1.29, 1.82) is 0 Å². The Morgan fingerprint density at radius 1 is 1.04 bits per heavy atom. The van der Waals surface area contributed by atoms with E-state index in [1.165, 1.54) is 0 Å². The molecule has 5 nitrogen and oxygen atoms in total. The second kappa shape index (κ2) is 7.11. The first-order chi connectivity index (χ1) is 11.6. The molecule has 0 aliphatic carbocycles. The third kappa shape index (κ3) is 3.49. The summed E-state index contributed by atoms with van der Waals surface area (Å²) in [5.41, 5.74) is 0. The zero-order valence-corrected chi connectivity index (χ0v) is 15.7. The van der Waals surface area contributed by atoms with Crippen LogP contribution in [0.15, 0.2) is 41.3 Å². The summed E-state index contributed by atoms with van der Waals surface area (Å²) in [5, 5.41) is 5.05. The van der Waals surface area contributed by atoms with Gasteiger partial charge in [0.25, 0.3) is 0 Å². The molecule has 0 radical (unpaired) electrons. The summed E-state index contributed by atoms with van der Waals surface area (Å²) < 4.78 is 34.2. The summed E-state index contributed by atoms with van der Waals surface area (Å²) in [6.07, 6.45) is 4.02. The van der Waals surface area contributed by atoms with E-state index in [4.69, 9.17) is 4.74 Å². The number of fused-ring (bicyclic) bond motifs is 3. The summed E-state index contributed by atoms with van der Waals surface area (Å²) in [7, 11) is -1.97. The highest BCUT2D eigenvalue weighted by molar-refractivity contribution is 7.89. The van der Waals surface area contributed by atoms with Gasteiger partial charge in [0.05, 0.1) is 12.0 Å². The van der Waals surface area contributed by atoms with E-state index in [9.17, 15) is 8.42 Å². The van der Waals surface area contributed by atoms with Crippen LogP contribution in [0.4, 0.5) is 0 Å². The van der Waals surface area contributed by atoms with Crippen molar-refractivity contribution in [2.45, 2.75) is 48.7 Å². The first kappa shape index (κ1) is 18.5. The van der Waals surface area contributed by atoms with Crippen LogP contribution in [0.3, 0.4) is 0 Å². The normalized spacial score (nSPS) is 25.6. The molecule has 2 aliphatic heterocycles. The van der Waals surface area contributed by atoms with E-state index in [1.54, 1.807) is 19.2 Å². The molecular weight excluding hydrogens is 360 g/mol. The van der Waals surface area contributed by atoms with Gasteiger partial charge in [-0.15, -0.1) is 12.4 Å². The van der Waals surface area contributed by atoms with Crippen molar-refractivity contribution >= 4 is 33.2 Å². The van der Waals surface area contributed by atoms with Crippen molar-refractivity contribution in [3.8, 4) is 5.75 Å². The zero-order chi connectivity index (χ0) is 16.7. The van der Waals surface area contributed by atoms with E-state index in [2.05, 4.69) is 10.0 Å². The van der Waals surface area contributed by atoms with Crippen LogP contribution in [0.2, 0.25) is 0 Å². The molecule has 7 heteroatoms. The lowest BCUT2D eigenvalue weighted by Gasteiger charge is -2.29.